The van der Waals surface area contributed by atoms with Gasteiger partial charge in [-0.2, -0.15) is 18.3 Å². The Bertz CT molecular complexity index is 1440. The Labute approximate surface area is 223 Å². The number of nitrogens with zero attached hydrogens (tertiary/aromatic N) is 5. The molecular weight excluding hydrogens is 539 g/mol. The van der Waals surface area contributed by atoms with Gasteiger partial charge in [0.25, 0.3) is 0 Å². The number of anilines is 2. The van der Waals surface area contributed by atoms with Crippen LogP contribution in [0.3, 0.4) is 0 Å². The van der Waals surface area contributed by atoms with Crippen molar-refractivity contribution in [1.82, 2.24) is 19.5 Å². The van der Waals surface area contributed by atoms with Gasteiger partial charge in [0.1, 0.15) is 14.9 Å². The van der Waals surface area contributed by atoms with E-state index in [-0.39, 0.29) is 29.9 Å². The number of carbonyl (C=O) groups is 1. The van der Waals surface area contributed by atoms with Crippen molar-refractivity contribution in [2.24, 2.45) is 5.92 Å². The molecule has 0 spiro atoms. The summed E-state index contributed by atoms with van der Waals surface area (Å²) in [5.74, 6) is -1.79. The van der Waals surface area contributed by atoms with Gasteiger partial charge >= 0.3 is 6.18 Å². The lowest BCUT2D eigenvalue weighted by atomic mass is 9.98. The second-order valence-corrected chi connectivity index (χ2v) is 12.8. The summed E-state index contributed by atoms with van der Waals surface area (Å²) in [4.78, 5) is 20.2. The monoisotopic (exact) mass is 567 g/mol. The molecule has 0 N–H and O–H groups in total. The van der Waals surface area contributed by atoms with Crippen molar-refractivity contribution in [3.8, 4) is 0 Å². The van der Waals surface area contributed by atoms with E-state index in [1.165, 1.54) is 23.9 Å². The highest BCUT2D eigenvalue weighted by Crippen LogP contribution is 2.40. The standard InChI is InChI=1S/C25H28F3N5O3S2/c1-31(24(34)17-9-12-38(35,36)13-10-17)23(25(26,27)28)16-5-7-18(8-6-16)32-11-3-4-19-20(32)15-29-21-14-22(37-2)30-33(19)21/h5-8,14-15,17,23H,3-4,9-13H2,1-2H3/t23-/m0/s1. The van der Waals surface area contributed by atoms with E-state index in [9.17, 15) is 26.4 Å². The maximum Gasteiger partial charge on any atom is 0.413 e. The van der Waals surface area contributed by atoms with Crippen LogP contribution in [0.2, 0.25) is 0 Å². The van der Waals surface area contributed by atoms with Gasteiger partial charge < -0.3 is 9.80 Å². The average Bonchev–Trinajstić information content (AvgIpc) is 3.32. The molecule has 2 aliphatic rings. The zero-order chi connectivity index (χ0) is 27.2. The van der Waals surface area contributed by atoms with Gasteiger partial charge in [0.2, 0.25) is 5.91 Å². The number of benzene rings is 1. The Kier molecular flexibility index (Phi) is 7.10. The van der Waals surface area contributed by atoms with Crippen LogP contribution in [0.4, 0.5) is 24.5 Å². The lowest BCUT2D eigenvalue weighted by molar-refractivity contribution is -0.190. The first-order valence-corrected chi connectivity index (χ1v) is 15.4. The largest absolute Gasteiger partial charge is 0.413 e. The van der Waals surface area contributed by atoms with Crippen molar-refractivity contribution in [3.63, 3.8) is 0 Å². The molecule has 2 aliphatic heterocycles. The van der Waals surface area contributed by atoms with Crippen LogP contribution >= 0.6 is 11.8 Å². The number of alkyl halides is 3. The zero-order valence-electron chi connectivity index (χ0n) is 21.0. The molecule has 1 fully saturated rings. The Morgan fingerprint density at radius 1 is 1.18 bits per heavy atom. The quantitative estimate of drug-likeness (QED) is 0.422. The first-order chi connectivity index (χ1) is 18.0. The van der Waals surface area contributed by atoms with E-state index in [0.717, 1.165) is 52.5 Å². The molecule has 204 valence electrons. The molecule has 13 heteroatoms. The van der Waals surface area contributed by atoms with Crippen molar-refractivity contribution in [2.45, 2.75) is 42.9 Å². The van der Waals surface area contributed by atoms with Gasteiger partial charge in [-0.25, -0.2) is 17.9 Å². The molecule has 8 nitrogen and oxygen atoms in total. The summed E-state index contributed by atoms with van der Waals surface area (Å²) >= 11 is 1.53. The number of thioether (sulfide) groups is 1. The number of amides is 1. The van der Waals surface area contributed by atoms with Crippen molar-refractivity contribution >= 4 is 44.5 Å². The van der Waals surface area contributed by atoms with Gasteiger partial charge in [-0.3, -0.25) is 4.79 Å². The van der Waals surface area contributed by atoms with E-state index in [2.05, 4.69) is 10.1 Å². The summed E-state index contributed by atoms with van der Waals surface area (Å²) in [6, 6.07) is 5.86. The number of fused-ring (bicyclic) bond motifs is 3. The Morgan fingerprint density at radius 2 is 1.87 bits per heavy atom. The molecule has 0 unspecified atom stereocenters. The minimum absolute atomic E-state index is 0.0411. The topological polar surface area (TPSA) is 87.9 Å². The summed E-state index contributed by atoms with van der Waals surface area (Å²) < 4.78 is 67.9. The number of hydrogen-bond acceptors (Lipinski definition) is 7. The number of hydrogen-bond donors (Lipinski definition) is 0. The van der Waals surface area contributed by atoms with Gasteiger partial charge in [0.05, 0.1) is 29.1 Å². The smallest absolute Gasteiger partial charge is 0.339 e. The summed E-state index contributed by atoms with van der Waals surface area (Å²) in [5.41, 5.74) is 3.28. The minimum Gasteiger partial charge on any atom is -0.339 e. The predicted octanol–water partition coefficient (Wildman–Crippen LogP) is 4.42. The second-order valence-electron chi connectivity index (χ2n) is 9.71. The summed E-state index contributed by atoms with van der Waals surface area (Å²) in [6.07, 6.45) is 0.763. The van der Waals surface area contributed by atoms with Crippen LogP contribution in [0.15, 0.2) is 41.6 Å². The second kappa shape index (κ2) is 10.1. The van der Waals surface area contributed by atoms with Crippen molar-refractivity contribution < 1.29 is 26.4 Å². The maximum absolute atomic E-state index is 14.2. The number of sulfone groups is 1. The SMILES string of the molecule is CSc1cc2ncc3c(n2n1)CCCN3c1ccc([C@H](N(C)C(=O)C2CCS(=O)(=O)CC2)C(F)(F)F)cc1. The van der Waals surface area contributed by atoms with Crippen molar-refractivity contribution in [3.05, 3.63) is 47.8 Å². The highest BCUT2D eigenvalue weighted by Gasteiger charge is 2.46. The minimum atomic E-state index is -4.70. The van der Waals surface area contributed by atoms with Gasteiger partial charge in [0.15, 0.2) is 11.7 Å². The normalized spacial score (nSPS) is 18.8. The Balaban J connectivity index is 1.41. The van der Waals surface area contributed by atoms with E-state index in [4.69, 9.17) is 0 Å². The van der Waals surface area contributed by atoms with Crippen LogP contribution in [0.1, 0.15) is 36.6 Å². The summed E-state index contributed by atoms with van der Waals surface area (Å²) in [7, 11) is -2.09. The Morgan fingerprint density at radius 3 is 2.50 bits per heavy atom. The molecule has 38 heavy (non-hydrogen) atoms. The number of aromatic nitrogens is 3. The van der Waals surface area contributed by atoms with E-state index in [1.807, 2.05) is 21.7 Å². The van der Waals surface area contributed by atoms with E-state index in [1.54, 1.807) is 18.3 Å². The third-order valence-electron chi connectivity index (χ3n) is 7.30. The third kappa shape index (κ3) is 5.09. The molecular formula is C25H28F3N5O3S2. The first kappa shape index (κ1) is 26.8. The van der Waals surface area contributed by atoms with Crippen molar-refractivity contribution in [2.75, 3.05) is 36.3 Å². The van der Waals surface area contributed by atoms with Crippen LogP contribution in [-0.2, 0) is 21.1 Å². The summed E-state index contributed by atoms with van der Waals surface area (Å²) in [6.45, 7) is 0.682. The number of aryl methyl sites for hydroxylation is 1. The van der Waals surface area contributed by atoms with Crippen LogP contribution in [0.5, 0.6) is 0 Å². The predicted molar refractivity (Wildman–Crippen MR) is 139 cm³/mol. The number of halogens is 3. The number of rotatable bonds is 5. The molecule has 0 radical (unpaired) electrons. The summed E-state index contributed by atoms with van der Waals surface area (Å²) in [5, 5.41) is 5.47. The first-order valence-electron chi connectivity index (χ1n) is 12.3. The van der Waals surface area contributed by atoms with Crippen LogP contribution in [0.25, 0.3) is 5.65 Å². The lowest BCUT2D eigenvalue weighted by Gasteiger charge is -2.34. The fourth-order valence-electron chi connectivity index (χ4n) is 5.32. The van der Waals surface area contributed by atoms with E-state index in [0.29, 0.717) is 6.54 Å². The molecule has 0 aliphatic carbocycles. The van der Waals surface area contributed by atoms with Crippen LogP contribution in [0, 0.1) is 5.92 Å². The van der Waals surface area contributed by atoms with Crippen molar-refractivity contribution in [1.29, 1.82) is 0 Å². The molecule has 1 atom stereocenters. The molecule has 3 aromatic rings. The highest BCUT2D eigenvalue weighted by molar-refractivity contribution is 7.98. The van der Waals surface area contributed by atoms with E-state index >= 15 is 0 Å². The maximum atomic E-state index is 14.2. The molecule has 2 aromatic heterocycles. The van der Waals surface area contributed by atoms with E-state index < -0.39 is 33.9 Å². The number of carbonyl (C=O) groups excluding carboxylic acids is 1. The zero-order valence-corrected chi connectivity index (χ0v) is 22.6. The third-order valence-corrected chi connectivity index (χ3v) is 9.64. The van der Waals surface area contributed by atoms with Gasteiger partial charge in [-0.1, -0.05) is 12.1 Å². The van der Waals surface area contributed by atoms with Gasteiger partial charge in [0, 0.05) is 31.3 Å². The molecule has 0 bridgehead atoms. The lowest BCUT2D eigenvalue weighted by Crippen LogP contribution is -2.44. The fraction of sp³-hybridized carbons (Fsp3) is 0.480. The molecule has 4 heterocycles. The van der Waals surface area contributed by atoms with Crippen LogP contribution in [-0.4, -0.2) is 71.4 Å². The Hall–Kier alpha value is -2.80. The van der Waals surface area contributed by atoms with Gasteiger partial charge in [-0.05, 0) is 49.6 Å². The fourth-order valence-corrected chi connectivity index (χ4v) is 7.20. The van der Waals surface area contributed by atoms with Gasteiger partial charge in [-0.15, -0.1) is 11.8 Å². The van der Waals surface area contributed by atoms with Crippen LogP contribution < -0.4 is 4.90 Å². The average molecular weight is 568 g/mol. The highest BCUT2D eigenvalue weighted by atomic mass is 32.2. The molecule has 1 amide bonds. The molecule has 1 saturated heterocycles. The molecule has 5 rings (SSSR count). The molecule has 1 aromatic carbocycles. The molecule has 0 saturated carbocycles.